The lowest BCUT2D eigenvalue weighted by atomic mass is 10.1. The number of benzene rings is 1. The van der Waals surface area contributed by atoms with Crippen LogP contribution in [-0.2, 0) is 7.05 Å². The number of ketones is 1. The maximum atomic E-state index is 12.9. The fourth-order valence-electron chi connectivity index (χ4n) is 1.37. The second-order valence-corrected chi connectivity index (χ2v) is 4.21. The van der Waals surface area contributed by atoms with Gasteiger partial charge in [0, 0.05) is 23.3 Å². The second-order valence-electron chi connectivity index (χ2n) is 3.36. The average Bonchev–Trinajstić information content (AvgIpc) is 2.64. The molecule has 16 heavy (non-hydrogen) atoms. The van der Waals surface area contributed by atoms with Gasteiger partial charge in [-0.2, -0.15) is 5.10 Å². The molecule has 2 rings (SSSR count). The molecule has 0 aliphatic carbocycles. The predicted molar refractivity (Wildman–Crippen MR) is 60.7 cm³/mol. The van der Waals surface area contributed by atoms with Crippen LogP contribution < -0.4 is 0 Å². The summed E-state index contributed by atoms with van der Waals surface area (Å²) < 4.78 is 14.9. The van der Waals surface area contributed by atoms with Crippen molar-refractivity contribution in [1.82, 2.24) is 9.78 Å². The van der Waals surface area contributed by atoms with Crippen LogP contribution in [0.3, 0.4) is 0 Å². The Hall–Kier alpha value is -1.49. The molecule has 0 N–H and O–H groups in total. The molecule has 5 heteroatoms. The zero-order valence-electron chi connectivity index (χ0n) is 8.45. The molecule has 1 heterocycles. The Balaban J connectivity index is 2.41. The van der Waals surface area contributed by atoms with Crippen LogP contribution in [0.15, 0.2) is 35.1 Å². The summed E-state index contributed by atoms with van der Waals surface area (Å²) in [5, 5.41) is 3.92. The zero-order valence-corrected chi connectivity index (χ0v) is 10.0. The van der Waals surface area contributed by atoms with Crippen LogP contribution >= 0.6 is 15.9 Å². The minimum Gasteiger partial charge on any atom is -0.288 e. The minimum absolute atomic E-state index is 0.181. The molecule has 3 nitrogen and oxygen atoms in total. The Morgan fingerprint density at radius 3 is 2.81 bits per heavy atom. The highest BCUT2D eigenvalue weighted by Gasteiger charge is 2.14. The van der Waals surface area contributed by atoms with Gasteiger partial charge in [0.25, 0.3) is 0 Å². The Labute approximate surface area is 100 Å². The van der Waals surface area contributed by atoms with Crippen LogP contribution in [0.2, 0.25) is 0 Å². The van der Waals surface area contributed by atoms with Gasteiger partial charge in [0.2, 0.25) is 0 Å². The summed E-state index contributed by atoms with van der Waals surface area (Å²) in [6.07, 6.45) is 3.11. The summed E-state index contributed by atoms with van der Waals surface area (Å²) in [6.45, 7) is 0. The number of carbonyl (C=O) groups is 1. The Morgan fingerprint density at radius 1 is 1.50 bits per heavy atom. The topological polar surface area (TPSA) is 34.9 Å². The number of rotatable bonds is 2. The van der Waals surface area contributed by atoms with Gasteiger partial charge in [-0.1, -0.05) is 0 Å². The fourth-order valence-corrected chi connectivity index (χ4v) is 1.90. The van der Waals surface area contributed by atoms with E-state index in [-0.39, 0.29) is 11.6 Å². The van der Waals surface area contributed by atoms with Crippen molar-refractivity contribution in [3.05, 3.63) is 52.0 Å². The van der Waals surface area contributed by atoms with E-state index in [9.17, 15) is 9.18 Å². The lowest BCUT2D eigenvalue weighted by Crippen LogP contribution is -2.01. The monoisotopic (exact) mass is 282 g/mol. The van der Waals surface area contributed by atoms with Gasteiger partial charge in [-0.25, -0.2) is 4.39 Å². The van der Waals surface area contributed by atoms with Crippen LogP contribution in [0.4, 0.5) is 4.39 Å². The average molecular weight is 283 g/mol. The summed E-state index contributed by atoms with van der Waals surface area (Å²) in [5.41, 5.74) is 0.907. The summed E-state index contributed by atoms with van der Waals surface area (Å²) in [7, 11) is 1.73. The third kappa shape index (κ3) is 2.04. The van der Waals surface area contributed by atoms with Crippen LogP contribution in [-0.4, -0.2) is 15.6 Å². The third-order valence-electron chi connectivity index (χ3n) is 2.14. The summed E-state index contributed by atoms with van der Waals surface area (Å²) in [6, 6.07) is 3.98. The van der Waals surface area contributed by atoms with E-state index in [1.807, 2.05) is 0 Å². The first-order valence-corrected chi connectivity index (χ1v) is 5.35. The van der Waals surface area contributed by atoms with E-state index < -0.39 is 0 Å². The van der Waals surface area contributed by atoms with E-state index in [2.05, 4.69) is 21.0 Å². The lowest BCUT2D eigenvalue weighted by Gasteiger charge is -2.01. The van der Waals surface area contributed by atoms with Gasteiger partial charge < -0.3 is 0 Å². The Kier molecular flexibility index (Phi) is 2.87. The first-order valence-electron chi connectivity index (χ1n) is 4.56. The maximum Gasteiger partial charge on any atom is 0.197 e. The van der Waals surface area contributed by atoms with Crippen LogP contribution in [0.25, 0.3) is 0 Å². The van der Waals surface area contributed by atoms with Crippen molar-refractivity contribution < 1.29 is 9.18 Å². The molecule has 0 saturated heterocycles. The van der Waals surface area contributed by atoms with E-state index in [1.54, 1.807) is 17.9 Å². The normalized spacial score (nSPS) is 10.4. The SMILES string of the molecule is Cn1cc(C(=O)c2ccc(F)cc2Br)cn1. The third-order valence-corrected chi connectivity index (χ3v) is 2.80. The van der Waals surface area contributed by atoms with Gasteiger partial charge in [0.05, 0.1) is 11.8 Å². The molecule has 0 aliphatic heterocycles. The van der Waals surface area contributed by atoms with Crippen molar-refractivity contribution in [2.45, 2.75) is 0 Å². The van der Waals surface area contributed by atoms with E-state index in [0.29, 0.717) is 15.6 Å². The molecule has 0 radical (unpaired) electrons. The highest BCUT2D eigenvalue weighted by molar-refractivity contribution is 9.10. The van der Waals surface area contributed by atoms with Crippen molar-refractivity contribution in [2.24, 2.45) is 7.05 Å². The largest absolute Gasteiger partial charge is 0.288 e. The quantitative estimate of drug-likeness (QED) is 0.794. The minimum atomic E-state index is -0.380. The molecule has 1 aromatic carbocycles. The maximum absolute atomic E-state index is 12.9. The Bertz CT molecular complexity index is 551. The second kappa shape index (κ2) is 4.17. The molecule has 0 aliphatic rings. The van der Waals surface area contributed by atoms with Crippen molar-refractivity contribution in [3.63, 3.8) is 0 Å². The highest BCUT2D eigenvalue weighted by Crippen LogP contribution is 2.20. The molecule has 1 aromatic heterocycles. The molecule has 0 atom stereocenters. The van der Waals surface area contributed by atoms with E-state index in [0.717, 1.165) is 0 Å². The molecular formula is C11H8BrFN2O. The summed E-state index contributed by atoms with van der Waals surface area (Å²) in [5.74, 6) is -0.561. The van der Waals surface area contributed by atoms with E-state index in [1.165, 1.54) is 24.4 Å². The van der Waals surface area contributed by atoms with Crippen molar-refractivity contribution >= 4 is 21.7 Å². The number of nitrogens with zero attached hydrogens (tertiary/aromatic N) is 2. The zero-order chi connectivity index (χ0) is 11.7. The van der Waals surface area contributed by atoms with E-state index in [4.69, 9.17) is 0 Å². The number of aromatic nitrogens is 2. The van der Waals surface area contributed by atoms with Gasteiger partial charge >= 0.3 is 0 Å². The van der Waals surface area contributed by atoms with Crippen LogP contribution in [0.1, 0.15) is 15.9 Å². The van der Waals surface area contributed by atoms with Gasteiger partial charge in [-0.3, -0.25) is 9.48 Å². The molecule has 0 saturated carbocycles. The van der Waals surface area contributed by atoms with Crippen LogP contribution in [0.5, 0.6) is 0 Å². The standard InChI is InChI=1S/C11H8BrFN2O/c1-15-6-7(5-14-15)11(16)9-3-2-8(13)4-10(9)12/h2-6H,1H3. The molecule has 0 fully saturated rings. The van der Waals surface area contributed by atoms with Crippen molar-refractivity contribution in [2.75, 3.05) is 0 Å². The molecule has 82 valence electrons. The van der Waals surface area contributed by atoms with Gasteiger partial charge in [-0.05, 0) is 34.1 Å². The van der Waals surface area contributed by atoms with E-state index >= 15 is 0 Å². The van der Waals surface area contributed by atoms with Crippen molar-refractivity contribution in [1.29, 1.82) is 0 Å². The van der Waals surface area contributed by atoms with Gasteiger partial charge in [0.1, 0.15) is 5.82 Å². The molecule has 0 amide bonds. The smallest absolute Gasteiger partial charge is 0.197 e. The summed E-state index contributed by atoms with van der Waals surface area (Å²) in [4.78, 5) is 12.0. The molecular weight excluding hydrogens is 275 g/mol. The number of aryl methyl sites for hydroxylation is 1. The first-order chi connectivity index (χ1) is 7.58. The molecule has 0 spiro atoms. The predicted octanol–water partition coefficient (Wildman–Crippen LogP) is 2.55. The Morgan fingerprint density at radius 2 is 2.25 bits per heavy atom. The summed E-state index contributed by atoms with van der Waals surface area (Å²) >= 11 is 3.16. The highest BCUT2D eigenvalue weighted by atomic mass is 79.9. The van der Waals surface area contributed by atoms with Crippen molar-refractivity contribution in [3.8, 4) is 0 Å². The number of halogens is 2. The first kappa shape index (κ1) is 11.0. The number of hydrogen-bond acceptors (Lipinski definition) is 2. The van der Waals surface area contributed by atoms with Gasteiger partial charge in [-0.15, -0.1) is 0 Å². The lowest BCUT2D eigenvalue weighted by molar-refractivity contribution is 0.103. The van der Waals surface area contributed by atoms with Crippen LogP contribution in [0, 0.1) is 5.82 Å². The molecule has 2 aromatic rings. The number of hydrogen-bond donors (Lipinski definition) is 0. The molecule has 0 bridgehead atoms. The van der Waals surface area contributed by atoms with Gasteiger partial charge in [0.15, 0.2) is 5.78 Å². The molecule has 0 unspecified atom stereocenters. The fraction of sp³-hybridized carbons (Fsp3) is 0.0909. The number of carbonyl (C=O) groups excluding carboxylic acids is 1.